The highest BCUT2D eigenvalue weighted by atomic mass is 32.1. The SMILES string of the molecule is Cc1cc(C(=O)N(C)c2nc3ccccc3s2)c(C)s1. The van der Waals surface area contributed by atoms with Crippen LogP contribution in [0.4, 0.5) is 5.13 Å². The largest absolute Gasteiger partial charge is 0.287 e. The third kappa shape index (κ3) is 2.23. The Balaban J connectivity index is 1.97. The highest BCUT2D eigenvalue weighted by Crippen LogP contribution is 2.30. The summed E-state index contributed by atoms with van der Waals surface area (Å²) in [5, 5.41) is 0.736. The smallest absolute Gasteiger partial charge is 0.260 e. The van der Waals surface area contributed by atoms with Crippen molar-refractivity contribution in [3.8, 4) is 0 Å². The van der Waals surface area contributed by atoms with E-state index in [1.54, 1.807) is 23.3 Å². The van der Waals surface area contributed by atoms with Gasteiger partial charge in [0, 0.05) is 16.8 Å². The molecule has 102 valence electrons. The molecule has 0 bridgehead atoms. The number of rotatable bonds is 2. The molecule has 0 saturated carbocycles. The summed E-state index contributed by atoms with van der Waals surface area (Å²) in [5.41, 5.74) is 1.71. The van der Waals surface area contributed by atoms with Gasteiger partial charge in [0.05, 0.1) is 15.8 Å². The van der Waals surface area contributed by atoms with Gasteiger partial charge in [-0.2, -0.15) is 0 Å². The lowest BCUT2D eigenvalue weighted by Gasteiger charge is -2.13. The van der Waals surface area contributed by atoms with Gasteiger partial charge in [-0.05, 0) is 32.0 Å². The number of fused-ring (bicyclic) bond motifs is 1. The lowest BCUT2D eigenvalue weighted by molar-refractivity contribution is 0.0993. The van der Waals surface area contributed by atoms with Crippen LogP contribution in [0.5, 0.6) is 0 Å². The van der Waals surface area contributed by atoms with Crippen LogP contribution in [0.25, 0.3) is 10.2 Å². The molecule has 3 aromatic rings. The van der Waals surface area contributed by atoms with Gasteiger partial charge in [0.15, 0.2) is 5.13 Å². The molecule has 0 aliphatic heterocycles. The van der Waals surface area contributed by atoms with E-state index in [1.165, 1.54) is 11.3 Å². The average molecular weight is 302 g/mol. The van der Waals surface area contributed by atoms with Crippen LogP contribution in [0.2, 0.25) is 0 Å². The van der Waals surface area contributed by atoms with E-state index in [-0.39, 0.29) is 5.91 Å². The van der Waals surface area contributed by atoms with Crippen LogP contribution in [-0.4, -0.2) is 17.9 Å². The zero-order valence-corrected chi connectivity index (χ0v) is 13.1. The lowest BCUT2D eigenvalue weighted by atomic mass is 10.2. The summed E-state index contributed by atoms with van der Waals surface area (Å²) in [7, 11) is 1.78. The maximum atomic E-state index is 12.6. The summed E-state index contributed by atoms with van der Waals surface area (Å²) in [6.45, 7) is 4.00. The van der Waals surface area contributed by atoms with E-state index in [4.69, 9.17) is 0 Å². The molecular weight excluding hydrogens is 288 g/mol. The van der Waals surface area contributed by atoms with E-state index in [2.05, 4.69) is 4.98 Å². The minimum Gasteiger partial charge on any atom is -0.287 e. The fourth-order valence-electron chi connectivity index (χ4n) is 2.11. The first-order valence-corrected chi connectivity index (χ1v) is 7.90. The Bertz CT molecular complexity index is 755. The quantitative estimate of drug-likeness (QED) is 0.709. The standard InChI is InChI=1S/C15H14N2OS2/c1-9-8-11(10(2)19-9)14(18)17(3)15-16-12-6-4-5-7-13(12)20-15/h4-8H,1-3H3. The van der Waals surface area contributed by atoms with Crippen molar-refractivity contribution in [1.29, 1.82) is 0 Å². The lowest BCUT2D eigenvalue weighted by Crippen LogP contribution is -2.26. The number of thiophene rings is 1. The molecule has 5 heteroatoms. The number of thiazole rings is 1. The number of carbonyl (C=O) groups is 1. The zero-order valence-electron chi connectivity index (χ0n) is 11.5. The molecule has 0 fully saturated rings. The molecule has 0 radical (unpaired) electrons. The Morgan fingerprint density at radius 1 is 1.20 bits per heavy atom. The van der Waals surface area contributed by atoms with E-state index in [1.807, 2.05) is 44.2 Å². The van der Waals surface area contributed by atoms with Crippen LogP contribution >= 0.6 is 22.7 Å². The third-order valence-electron chi connectivity index (χ3n) is 3.15. The van der Waals surface area contributed by atoms with Gasteiger partial charge < -0.3 is 0 Å². The molecule has 2 aromatic heterocycles. The number of aromatic nitrogens is 1. The molecule has 0 spiro atoms. The van der Waals surface area contributed by atoms with E-state index < -0.39 is 0 Å². The highest BCUT2D eigenvalue weighted by Gasteiger charge is 2.20. The van der Waals surface area contributed by atoms with E-state index in [9.17, 15) is 4.79 Å². The molecule has 1 aromatic carbocycles. The van der Waals surface area contributed by atoms with Gasteiger partial charge in [0.1, 0.15) is 0 Å². The van der Waals surface area contributed by atoms with Crippen molar-refractivity contribution in [2.24, 2.45) is 0 Å². The Kier molecular flexibility index (Phi) is 3.31. The molecule has 3 nitrogen and oxygen atoms in total. The first-order valence-electron chi connectivity index (χ1n) is 6.27. The molecule has 2 heterocycles. The first kappa shape index (κ1) is 13.3. The van der Waals surface area contributed by atoms with Gasteiger partial charge in [0.25, 0.3) is 5.91 Å². The van der Waals surface area contributed by atoms with E-state index in [0.717, 1.165) is 30.7 Å². The van der Waals surface area contributed by atoms with Crippen molar-refractivity contribution >= 4 is 43.9 Å². The maximum Gasteiger partial charge on any atom is 0.260 e. The van der Waals surface area contributed by atoms with Crippen LogP contribution in [0.1, 0.15) is 20.1 Å². The minimum absolute atomic E-state index is 0.00547. The number of nitrogens with zero attached hydrogens (tertiary/aromatic N) is 2. The molecule has 0 saturated heterocycles. The number of aryl methyl sites for hydroxylation is 2. The monoisotopic (exact) mass is 302 g/mol. The van der Waals surface area contributed by atoms with Gasteiger partial charge in [-0.3, -0.25) is 9.69 Å². The van der Waals surface area contributed by atoms with E-state index >= 15 is 0 Å². The van der Waals surface area contributed by atoms with Crippen LogP contribution in [0.3, 0.4) is 0 Å². The van der Waals surface area contributed by atoms with Gasteiger partial charge in [0.2, 0.25) is 0 Å². The van der Waals surface area contributed by atoms with Crippen LogP contribution in [0, 0.1) is 13.8 Å². The topological polar surface area (TPSA) is 33.2 Å². The fourth-order valence-corrected chi connectivity index (χ4v) is 3.96. The van der Waals surface area contributed by atoms with Crippen LogP contribution in [0.15, 0.2) is 30.3 Å². The summed E-state index contributed by atoms with van der Waals surface area (Å²) in [6, 6.07) is 9.88. The van der Waals surface area contributed by atoms with Crippen molar-refractivity contribution in [3.05, 3.63) is 45.6 Å². The molecule has 3 rings (SSSR count). The number of benzene rings is 1. The Hall–Kier alpha value is -1.72. The number of amides is 1. The van der Waals surface area contributed by atoms with Crippen LogP contribution < -0.4 is 4.90 Å². The second kappa shape index (κ2) is 5.00. The predicted molar refractivity (Wildman–Crippen MR) is 86.1 cm³/mol. The molecule has 0 unspecified atom stereocenters. The number of hydrogen-bond acceptors (Lipinski definition) is 4. The Morgan fingerprint density at radius 3 is 2.60 bits per heavy atom. The van der Waals surface area contributed by atoms with Crippen LogP contribution in [-0.2, 0) is 0 Å². The Morgan fingerprint density at radius 2 is 1.95 bits per heavy atom. The van der Waals surface area contributed by atoms with Crippen molar-refractivity contribution in [1.82, 2.24) is 4.98 Å². The van der Waals surface area contributed by atoms with Crippen molar-refractivity contribution in [3.63, 3.8) is 0 Å². The number of anilines is 1. The normalized spacial score (nSPS) is 10.9. The van der Waals surface area contributed by atoms with E-state index in [0.29, 0.717) is 0 Å². The van der Waals surface area contributed by atoms with Crippen molar-refractivity contribution in [2.75, 3.05) is 11.9 Å². The Labute approximate surface area is 125 Å². The van der Waals surface area contributed by atoms with Gasteiger partial charge in [-0.1, -0.05) is 23.5 Å². The molecule has 1 amide bonds. The minimum atomic E-state index is 0.00547. The van der Waals surface area contributed by atoms with Gasteiger partial charge >= 0.3 is 0 Å². The maximum absolute atomic E-state index is 12.6. The fraction of sp³-hybridized carbons (Fsp3) is 0.200. The summed E-state index contributed by atoms with van der Waals surface area (Å²) >= 11 is 3.19. The predicted octanol–water partition coefficient (Wildman–Crippen LogP) is 4.25. The number of hydrogen-bond donors (Lipinski definition) is 0. The summed E-state index contributed by atoms with van der Waals surface area (Å²) in [4.78, 5) is 20.9. The molecular formula is C15H14N2OS2. The highest BCUT2D eigenvalue weighted by molar-refractivity contribution is 7.22. The number of para-hydroxylation sites is 1. The second-order valence-electron chi connectivity index (χ2n) is 4.66. The molecule has 0 N–H and O–H groups in total. The molecule has 0 aliphatic rings. The molecule has 20 heavy (non-hydrogen) atoms. The third-order valence-corrected chi connectivity index (χ3v) is 5.22. The zero-order chi connectivity index (χ0) is 14.3. The summed E-state index contributed by atoms with van der Waals surface area (Å²) < 4.78 is 1.10. The second-order valence-corrected chi connectivity index (χ2v) is 7.12. The summed E-state index contributed by atoms with van der Waals surface area (Å²) in [6.07, 6.45) is 0. The first-order chi connectivity index (χ1) is 9.56. The summed E-state index contributed by atoms with van der Waals surface area (Å²) in [5.74, 6) is 0.00547. The average Bonchev–Trinajstić information content (AvgIpc) is 3.00. The van der Waals surface area contributed by atoms with Crippen molar-refractivity contribution in [2.45, 2.75) is 13.8 Å². The van der Waals surface area contributed by atoms with Gasteiger partial charge in [-0.15, -0.1) is 11.3 Å². The van der Waals surface area contributed by atoms with Crippen molar-refractivity contribution < 1.29 is 4.79 Å². The van der Waals surface area contributed by atoms with Gasteiger partial charge in [-0.25, -0.2) is 4.98 Å². The molecule has 0 atom stereocenters. The number of carbonyl (C=O) groups excluding carboxylic acids is 1. The molecule has 0 aliphatic carbocycles.